The summed E-state index contributed by atoms with van der Waals surface area (Å²) in [6.07, 6.45) is 1.13. The first-order valence-electron chi connectivity index (χ1n) is 6.76. The number of hydrogen-bond acceptors (Lipinski definition) is 1. The van der Waals surface area contributed by atoms with E-state index in [9.17, 15) is 0 Å². The average molecular weight is 274 g/mol. The van der Waals surface area contributed by atoms with E-state index in [0.29, 0.717) is 5.92 Å². The van der Waals surface area contributed by atoms with Gasteiger partial charge in [-0.05, 0) is 36.1 Å². The van der Waals surface area contributed by atoms with Crippen molar-refractivity contribution in [1.82, 2.24) is 5.32 Å². The lowest BCUT2D eigenvalue weighted by molar-refractivity contribution is 0.594. The highest BCUT2D eigenvalue weighted by Gasteiger charge is 2.04. The topological polar surface area (TPSA) is 12.0 Å². The molecule has 0 spiro atoms. The molecule has 1 N–H and O–H groups in total. The summed E-state index contributed by atoms with van der Waals surface area (Å²) < 4.78 is 0. The Balaban J connectivity index is 1.74. The van der Waals surface area contributed by atoms with E-state index in [1.807, 2.05) is 18.2 Å². The molecule has 0 radical (unpaired) electrons. The summed E-state index contributed by atoms with van der Waals surface area (Å²) in [5, 5.41) is 4.30. The van der Waals surface area contributed by atoms with Crippen LogP contribution in [0.1, 0.15) is 30.4 Å². The summed E-state index contributed by atoms with van der Waals surface area (Å²) in [6.45, 7) is 4.11. The molecule has 0 aliphatic rings. The lowest BCUT2D eigenvalue weighted by Gasteiger charge is -2.12. The molecule has 19 heavy (non-hydrogen) atoms. The van der Waals surface area contributed by atoms with Gasteiger partial charge in [-0.15, -0.1) is 0 Å². The Hall–Kier alpha value is -1.31. The fraction of sp³-hybridized carbons (Fsp3) is 0.294. The highest BCUT2D eigenvalue weighted by Crippen LogP contribution is 2.18. The van der Waals surface area contributed by atoms with E-state index in [-0.39, 0.29) is 0 Å². The summed E-state index contributed by atoms with van der Waals surface area (Å²) in [7, 11) is 0. The first kappa shape index (κ1) is 14.1. The van der Waals surface area contributed by atoms with Crippen molar-refractivity contribution in [3.05, 3.63) is 70.7 Å². The number of halogens is 1. The van der Waals surface area contributed by atoms with Crippen LogP contribution < -0.4 is 5.32 Å². The minimum absolute atomic E-state index is 0.583. The molecule has 0 fully saturated rings. The van der Waals surface area contributed by atoms with Crippen LogP contribution in [0.15, 0.2) is 54.6 Å². The summed E-state index contributed by atoms with van der Waals surface area (Å²) >= 11 is 6.12. The Labute approximate surface area is 120 Å². The maximum Gasteiger partial charge on any atom is 0.0450 e. The van der Waals surface area contributed by atoms with E-state index in [1.165, 1.54) is 5.56 Å². The van der Waals surface area contributed by atoms with Gasteiger partial charge in [-0.25, -0.2) is 0 Å². The molecule has 0 saturated heterocycles. The molecule has 0 aliphatic heterocycles. The van der Waals surface area contributed by atoms with Gasteiger partial charge in [0.25, 0.3) is 0 Å². The van der Waals surface area contributed by atoms with Gasteiger partial charge in [0, 0.05) is 11.6 Å². The van der Waals surface area contributed by atoms with Gasteiger partial charge in [0.05, 0.1) is 0 Å². The molecule has 0 aliphatic carbocycles. The van der Waals surface area contributed by atoms with Crippen LogP contribution in [0.3, 0.4) is 0 Å². The Bertz CT molecular complexity index is 496. The molecule has 2 aromatic carbocycles. The van der Waals surface area contributed by atoms with Crippen LogP contribution in [0.2, 0.25) is 5.02 Å². The van der Waals surface area contributed by atoms with Gasteiger partial charge in [0.2, 0.25) is 0 Å². The predicted octanol–water partition coefficient (Wildman–Crippen LogP) is 4.62. The fourth-order valence-electron chi connectivity index (χ4n) is 2.13. The van der Waals surface area contributed by atoms with Crippen molar-refractivity contribution in [3.8, 4) is 0 Å². The van der Waals surface area contributed by atoms with Crippen LogP contribution in [0, 0.1) is 0 Å². The summed E-state index contributed by atoms with van der Waals surface area (Å²) in [6, 6.07) is 18.6. The van der Waals surface area contributed by atoms with Gasteiger partial charge >= 0.3 is 0 Å². The van der Waals surface area contributed by atoms with Crippen molar-refractivity contribution in [1.29, 1.82) is 0 Å². The van der Waals surface area contributed by atoms with Crippen LogP contribution in [0.25, 0.3) is 0 Å². The quantitative estimate of drug-likeness (QED) is 0.757. The van der Waals surface area contributed by atoms with Crippen molar-refractivity contribution >= 4 is 11.6 Å². The van der Waals surface area contributed by atoms with Crippen LogP contribution in [-0.4, -0.2) is 6.54 Å². The lowest BCUT2D eigenvalue weighted by Crippen LogP contribution is -2.16. The van der Waals surface area contributed by atoms with Crippen molar-refractivity contribution in [2.24, 2.45) is 0 Å². The highest BCUT2D eigenvalue weighted by molar-refractivity contribution is 6.31. The monoisotopic (exact) mass is 273 g/mol. The van der Waals surface area contributed by atoms with Gasteiger partial charge in [-0.1, -0.05) is 67.1 Å². The SMILES string of the molecule is CC(CCNCc1ccccc1Cl)c1ccccc1. The van der Waals surface area contributed by atoms with Gasteiger partial charge in [-0.2, -0.15) is 0 Å². The average Bonchev–Trinajstić information content (AvgIpc) is 2.46. The van der Waals surface area contributed by atoms with E-state index < -0.39 is 0 Å². The van der Waals surface area contributed by atoms with Crippen LogP contribution in [-0.2, 0) is 6.54 Å². The highest BCUT2D eigenvalue weighted by atomic mass is 35.5. The number of benzene rings is 2. The molecule has 0 heterocycles. The first-order valence-corrected chi connectivity index (χ1v) is 7.14. The Morgan fingerprint density at radius 2 is 1.68 bits per heavy atom. The molecule has 1 nitrogen and oxygen atoms in total. The van der Waals surface area contributed by atoms with Gasteiger partial charge < -0.3 is 5.32 Å². The van der Waals surface area contributed by atoms with E-state index in [1.54, 1.807) is 0 Å². The predicted molar refractivity (Wildman–Crippen MR) is 82.6 cm³/mol. The molecule has 0 bridgehead atoms. The normalized spacial score (nSPS) is 12.3. The zero-order valence-electron chi connectivity index (χ0n) is 11.3. The summed E-state index contributed by atoms with van der Waals surface area (Å²) in [5.74, 6) is 0.583. The Morgan fingerprint density at radius 3 is 2.42 bits per heavy atom. The fourth-order valence-corrected chi connectivity index (χ4v) is 2.33. The molecule has 0 amide bonds. The molecule has 1 unspecified atom stereocenters. The second-order valence-electron chi connectivity index (χ2n) is 4.87. The Kier molecular flexibility index (Phi) is 5.44. The van der Waals surface area contributed by atoms with Gasteiger partial charge in [-0.3, -0.25) is 0 Å². The minimum atomic E-state index is 0.583. The van der Waals surface area contributed by atoms with E-state index in [0.717, 1.165) is 30.1 Å². The van der Waals surface area contributed by atoms with Crippen LogP contribution in [0.4, 0.5) is 0 Å². The molecular formula is C17H20ClN. The Morgan fingerprint density at radius 1 is 1.00 bits per heavy atom. The maximum atomic E-state index is 6.12. The van der Waals surface area contributed by atoms with Crippen molar-refractivity contribution in [2.75, 3.05) is 6.54 Å². The number of hydrogen-bond donors (Lipinski definition) is 1. The minimum Gasteiger partial charge on any atom is -0.313 e. The molecule has 1 atom stereocenters. The summed E-state index contributed by atoms with van der Waals surface area (Å²) in [4.78, 5) is 0. The van der Waals surface area contributed by atoms with Gasteiger partial charge in [0.15, 0.2) is 0 Å². The zero-order chi connectivity index (χ0) is 13.5. The second-order valence-corrected chi connectivity index (χ2v) is 5.28. The molecule has 100 valence electrons. The summed E-state index contributed by atoms with van der Waals surface area (Å²) in [5.41, 5.74) is 2.57. The number of nitrogens with one attached hydrogen (secondary N) is 1. The molecule has 2 rings (SSSR count). The van der Waals surface area contributed by atoms with E-state index in [2.05, 4.69) is 48.6 Å². The molecule has 2 heteroatoms. The van der Waals surface area contributed by atoms with Gasteiger partial charge in [0.1, 0.15) is 0 Å². The third-order valence-corrected chi connectivity index (χ3v) is 3.76. The molecular weight excluding hydrogens is 254 g/mol. The van der Waals surface area contributed by atoms with Crippen LogP contribution >= 0.6 is 11.6 Å². The van der Waals surface area contributed by atoms with Crippen LogP contribution in [0.5, 0.6) is 0 Å². The largest absolute Gasteiger partial charge is 0.313 e. The standard InChI is InChI=1S/C17H20ClN/c1-14(15-7-3-2-4-8-15)11-12-19-13-16-9-5-6-10-17(16)18/h2-10,14,19H,11-13H2,1H3. The molecule has 2 aromatic rings. The van der Waals surface area contributed by atoms with Crippen molar-refractivity contribution in [2.45, 2.75) is 25.8 Å². The smallest absolute Gasteiger partial charge is 0.0450 e. The third-order valence-electron chi connectivity index (χ3n) is 3.40. The van der Waals surface area contributed by atoms with E-state index in [4.69, 9.17) is 11.6 Å². The molecule has 0 aromatic heterocycles. The third kappa shape index (κ3) is 4.38. The van der Waals surface area contributed by atoms with Crippen molar-refractivity contribution < 1.29 is 0 Å². The number of rotatable bonds is 6. The second kappa shape index (κ2) is 7.32. The lowest BCUT2D eigenvalue weighted by atomic mass is 9.98. The maximum absolute atomic E-state index is 6.12. The van der Waals surface area contributed by atoms with Crippen molar-refractivity contribution in [3.63, 3.8) is 0 Å². The van der Waals surface area contributed by atoms with E-state index >= 15 is 0 Å². The first-order chi connectivity index (χ1) is 9.27. The molecule has 0 saturated carbocycles. The zero-order valence-corrected chi connectivity index (χ0v) is 12.0.